The molecular formula is C15H14N4S. The summed E-state index contributed by atoms with van der Waals surface area (Å²) in [7, 11) is 0. The van der Waals surface area contributed by atoms with Gasteiger partial charge >= 0.3 is 0 Å². The molecule has 0 aliphatic rings. The summed E-state index contributed by atoms with van der Waals surface area (Å²) >= 11 is 1.23. The minimum atomic E-state index is 0.276. The predicted octanol–water partition coefficient (Wildman–Crippen LogP) is 3.04. The van der Waals surface area contributed by atoms with E-state index in [1.54, 1.807) is 0 Å². The Bertz CT molecular complexity index is 704. The molecule has 0 unspecified atom stereocenters. The normalized spacial score (nSPS) is 9.75. The smallest absolute Gasteiger partial charge is 0.131 e. The highest BCUT2D eigenvalue weighted by atomic mass is 32.1. The fraction of sp³-hybridized carbons (Fsp3) is 0.200. The zero-order valence-corrected chi connectivity index (χ0v) is 11.9. The maximum Gasteiger partial charge on any atom is 0.131 e. The molecule has 1 aromatic heterocycles. The number of nitriles is 2. The van der Waals surface area contributed by atoms with Crippen molar-refractivity contribution in [3.8, 4) is 12.1 Å². The monoisotopic (exact) mass is 282 g/mol. The molecule has 0 fully saturated rings. The summed E-state index contributed by atoms with van der Waals surface area (Å²) < 4.78 is 0. The van der Waals surface area contributed by atoms with Gasteiger partial charge in [0, 0.05) is 6.54 Å². The molecule has 0 radical (unpaired) electrons. The van der Waals surface area contributed by atoms with Gasteiger partial charge in [-0.25, -0.2) is 0 Å². The molecule has 0 atom stereocenters. The molecule has 2 aromatic rings. The minimum Gasteiger partial charge on any atom is -0.396 e. The largest absolute Gasteiger partial charge is 0.396 e. The van der Waals surface area contributed by atoms with Crippen LogP contribution in [0.4, 0.5) is 10.7 Å². The summed E-state index contributed by atoms with van der Waals surface area (Å²) in [5, 5.41) is 21.9. The summed E-state index contributed by atoms with van der Waals surface area (Å²) in [6.07, 6.45) is 0.853. The number of hydrogen-bond acceptors (Lipinski definition) is 5. The highest BCUT2D eigenvalue weighted by Crippen LogP contribution is 2.34. The van der Waals surface area contributed by atoms with E-state index < -0.39 is 0 Å². The van der Waals surface area contributed by atoms with E-state index in [4.69, 9.17) is 16.3 Å². The molecule has 0 saturated heterocycles. The van der Waals surface area contributed by atoms with E-state index in [9.17, 15) is 0 Å². The second-order valence-electron chi connectivity index (χ2n) is 4.44. The van der Waals surface area contributed by atoms with Crippen molar-refractivity contribution in [2.45, 2.75) is 13.3 Å². The molecule has 0 aliphatic heterocycles. The first-order valence-electron chi connectivity index (χ1n) is 6.17. The Balaban J connectivity index is 2.05. The molecule has 3 N–H and O–H groups in total. The fourth-order valence-electron chi connectivity index (χ4n) is 1.95. The zero-order valence-electron chi connectivity index (χ0n) is 11.1. The lowest BCUT2D eigenvalue weighted by Crippen LogP contribution is -2.05. The number of hydrogen-bond donors (Lipinski definition) is 2. The maximum atomic E-state index is 9.09. The van der Waals surface area contributed by atoms with Crippen molar-refractivity contribution in [3.63, 3.8) is 0 Å². The van der Waals surface area contributed by atoms with Crippen LogP contribution in [-0.2, 0) is 6.42 Å². The molecule has 5 heteroatoms. The lowest BCUT2D eigenvalue weighted by molar-refractivity contribution is 1.02. The molecule has 20 heavy (non-hydrogen) atoms. The average Bonchev–Trinajstić information content (AvgIpc) is 2.74. The minimum absolute atomic E-state index is 0.276. The Hall–Kier alpha value is -2.50. The van der Waals surface area contributed by atoms with Crippen molar-refractivity contribution in [2.75, 3.05) is 17.6 Å². The molecule has 1 heterocycles. The van der Waals surface area contributed by atoms with Crippen LogP contribution in [0, 0.1) is 29.6 Å². The van der Waals surface area contributed by atoms with E-state index in [-0.39, 0.29) is 5.69 Å². The molecule has 2 rings (SSSR count). The van der Waals surface area contributed by atoms with E-state index in [0.29, 0.717) is 22.0 Å². The molecule has 0 amide bonds. The summed E-state index contributed by atoms with van der Waals surface area (Å²) in [5.41, 5.74) is 8.87. The zero-order chi connectivity index (χ0) is 14.5. The van der Waals surface area contributed by atoms with Crippen LogP contribution in [0.1, 0.15) is 21.6 Å². The Kier molecular flexibility index (Phi) is 4.24. The average molecular weight is 282 g/mol. The number of nitrogens with zero attached hydrogens (tertiary/aromatic N) is 2. The summed E-state index contributed by atoms with van der Waals surface area (Å²) in [5.74, 6) is 0. The van der Waals surface area contributed by atoms with Gasteiger partial charge in [0.25, 0.3) is 0 Å². The first kappa shape index (κ1) is 13.9. The van der Waals surface area contributed by atoms with Crippen molar-refractivity contribution in [3.05, 3.63) is 45.8 Å². The number of nitrogens with two attached hydrogens (primary N) is 1. The van der Waals surface area contributed by atoms with Crippen LogP contribution in [0.2, 0.25) is 0 Å². The topological polar surface area (TPSA) is 85.6 Å². The van der Waals surface area contributed by atoms with Crippen LogP contribution in [0.25, 0.3) is 0 Å². The van der Waals surface area contributed by atoms with E-state index in [1.165, 1.54) is 22.5 Å². The predicted molar refractivity (Wildman–Crippen MR) is 81.5 cm³/mol. The number of benzene rings is 1. The second kappa shape index (κ2) is 6.10. The number of nitrogens with one attached hydrogen (secondary N) is 1. The fourth-order valence-corrected chi connectivity index (χ4v) is 2.84. The van der Waals surface area contributed by atoms with Crippen LogP contribution in [0.15, 0.2) is 24.3 Å². The highest BCUT2D eigenvalue weighted by Gasteiger charge is 2.14. The summed E-state index contributed by atoms with van der Waals surface area (Å²) in [4.78, 5) is 0.389. The van der Waals surface area contributed by atoms with Gasteiger partial charge in [0.15, 0.2) is 0 Å². The van der Waals surface area contributed by atoms with Crippen LogP contribution >= 0.6 is 11.3 Å². The molecule has 0 aliphatic carbocycles. The van der Waals surface area contributed by atoms with E-state index in [2.05, 4.69) is 30.4 Å². The summed E-state index contributed by atoms with van der Waals surface area (Å²) in [6.45, 7) is 2.76. The highest BCUT2D eigenvalue weighted by molar-refractivity contribution is 7.17. The van der Waals surface area contributed by atoms with Gasteiger partial charge in [-0.2, -0.15) is 10.5 Å². The first-order valence-corrected chi connectivity index (χ1v) is 6.99. The van der Waals surface area contributed by atoms with E-state index >= 15 is 0 Å². The maximum absolute atomic E-state index is 9.09. The number of rotatable bonds is 4. The second-order valence-corrected chi connectivity index (χ2v) is 5.46. The van der Waals surface area contributed by atoms with Crippen LogP contribution in [0.5, 0.6) is 0 Å². The molecule has 100 valence electrons. The third-order valence-electron chi connectivity index (χ3n) is 2.94. The third kappa shape index (κ3) is 2.90. The first-order chi connectivity index (χ1) is 9.65. The van der Waals surface area contributed by atoms with Crippen molar-refractivity contribution < 1.29 is 0 Å². The summed E-state index contributed by atoms with van der Waals surface area (Å²) in [6, 6.07) is 12.4. The van der Waals surface area contributed by atoms with Gasteiger partial charge in [-0.3, -0.25) is 0 Å². The van der Waals surface area contributed by atoms with Crippen molar-refractivity contribution >= 4 is 22.0 Å². The lowest BCUT2D eigenvalue weighted by atomic mass is 10.1. The Morgan fingerprint density at radius 3 is 2.75 bits per heavy atom. The Morgan fingerprint density at radius 1 is 1.30 bits per heavy atom. The Labute approximate surface area is 122 Å². The van der Waals surface area contributed by atoms with Gasteiger partial charge in [0.05, 0.1) is 5.69 Å². The molecule has 4 nitrogen and oxygen atoms in total. The third-order valence-corrected chi connectivity index (χ3v) is 4.01. The van der Waals surface area contributed by atoms with Crippen LogP contribution in [0.3, 0.4) is 0 Å². The van der Waals surface area contributed by atoms with Crippen molar-refractivity contribution in [2.24, 2.45) is 0 Å². The van der Waals surface area contributed by atoms with Gasteiger partial charge < -0.3 is 11.1 Å². The van der Waals surface area contributed by atoms with Gasteiger partial charge in [-0.1, -0.05) is 29.8 Å². The van der Waals surface area contributed by atoms with Gasteiger partial charge in [0.2, 0.25) is 0 Å². The van der Waals surface area contributed by atoms with Gasteiger partial charge in [-0.05, 0) is 18.9 Å². The van der Waals surface area contributed by atoms with E-state index in [1.807, 2.05) is 18.2 Å². The number of anilines is 2. The lowest BCUT2D eigenvalue weighted by Gasteiger charge is -2.05. The standard InChI is InChI=1S/C15H14N4S/c1-10-3-2-4-11(7-10)5-6-19-15-12(8-16)14(18)13(9-17)20-15/h2-4,7,19H,5-6,18H2,1H3. The SMILES string of the molecule is Cc1cccc(CCNc2sc(C#N)c(N)c2C#N)c1. The number of nitrogen functional groups attached to an aromatic ring is 1. The molecule has 0 bridgehead atoms. The van der Waals surface area contributed by atoms with E-state index in [0.717, 1.165) is 6.42 Å². The number of aryl methyl sites for hydroxylation is 1. The molecule has 1 aromatic carbocycles. The Morgan fingerprint density at radius 2 is 2.10 bits per heavy atom. The molecular weight excluding hydrogens is 268 g/mol. The van der Waals surface area contributed by atoms with Gasteiger partial charge in [0.1, 0.15) is 27.6 Å². The van der Waals surface area contributed by atoms with Crippen LogP contribution in [-0.4, -0.2) is 6.54 Å². The van der Waals surface area contributed by atoms with Gasteiger partial charge in [-0.15, -0.1) is 11.3 Å². The van der Waals surface area contributed by atoms with Crippen molar-refractivity contribution in [1.82, 2.24) is 0 Å². The van der Waals surface area contributed by atoms with Crippen molar-refractivity contribution in [1.29, 1.82) is 10.5 Å². The molecule has 0 spiro atoms. The molecule has 0 saturated carbocycles. The van der Waals surface area contributed by atoms with Crippen LogP contribution < -0.4 is 11.1 Å². The number of thiophene rings is 1. The quantitative estimate of drug-likeness (QED) is 0.902.